The average Bonchev–Trinajstić information content (AvgIpc) is 2.77. The van der Waals surface area contributed by atoms with Crippen LogP contribution in [0.5, 0.6) is 0 Å². The number of carbonyl (C=O) groups excluding carboxylic acids is 2. The van der Waals surface area contributed by atoms with Crippen molar-refractivity contribution in [2.75, 3.05) is 11.9 Å². The van der Waals surface area contributed by atoms with Gasteiger partial charge in [0.25, 0.3) is 0 Å². The molecule has 0 aliphatic heterocycles. The van der Waals surface area contributed by atoms with E-state index in [1.807, 2.05) is 24.1 Å². The summed E-state index contributed by atoms with van der Waals surface area (Å²) in [7, 11) is 1.87. The van der Waals surface area contributed by atoms with Crippen LogP contribution < -0.4 is 4.90 Å². The van der Waals surface area contributed by atoms with Gasteiger partial charge in [0.15, 0.2) is 5.78 Å². The second-order valence-electron chi connectivity index (χ2n) is 8.41. The highest BCUT2D eigenvalue weighted by molar-refractivity contribution is 6.30. The minimum absolute atomic E-state index is 0.0782. The van der Waals surface area contributed by atoms with Gasteiger partial charge in [-0.3, -0.25) is 14.6 Å². The summed E-state index contributed by atoms with van der Waals surface area (Å²) in [5.74, 6) is -2.00. The number of aromatic nitrogens is 1. The fourth-order valence-electron chi connectivity index (χ4n) is 3.14. The Hall–Kier alpha value is -3.51. The van der Waals surface area contributed by atoms with Gasteiger partial charge in [0.05, 0.1) is 17.4 Å². The van der Waals surface area contributed by atoms with E-state index < -0.39 is 17.2 Å². The van der Waals surface area contributed by atoms with Crippen molar-refractivity contribution < 1.29 is 19.5 Å². The van der Waals surface area contributed by atoms with E-state index >= 15 is 0 Å². The van der Waals surface area contributed by atoms with Gasteiger partial charge in [0.1, 0.15) is 5.69 Å². The molecule has 1 N–H and O–H groups in total. The van der Waals surface area contributed by atoms with Gasteiger partial charge in [0, 0.05) is 34.3 Å². The molecular weight excluding hydrogens is 428 g/mol. The molecule has 3 rings (SSSR count). The van der Waals surface area contributed by atoms with Gasteiger partial charge in [-0.2, -0.15) is 0 Å². The minimum Gasteiger partial charge on any atom is -0.478 e. The summed E-state index contributed by atoms with van der Waals surface area (Å²) in [4.78, 5) is 43.4. The predicted octanol–water partition coefficient (Wildman–Crippen LogP) is 5.66. The number of aromatic carboxylic acids is 1. The molecule has 32 heavy (non-hydrogen) atoms. The van der Waals surface area contributed by atoms with Crippen LogP contribution in [0.3, 0.4) is 0 Å². The molecule has 1 heterocycles. The molecule has 3 aromatic rings. The Morgan fingerprint density at radius 3 is 2.06 bits per heavy atom. The average molecular weight is 451 g/mol. The second-order valence-corrected chi connectivity index (χ2v) is 8.85. The van der Waals surface area contributed by atoms with Gasteiger partial charge < -0.3 is 10.0 Å². The fraction of sp³-hybridized carbons (Fsp3) is 0.200. The monoisotopic (exact) mass is 450 g/mol. The molecule has 0 saturated heterocycles. The van der Waals surface area contributed by atoms with Crippen LogP contribution in [0.1, 0.15) is 57.5 Å². The summed E-state index contributed by atoms with van der Waals surface area (Å²) >= 11 is 5.93. The topological polar surface area (TPSA) is 87.6 Å². The molecule has 6 nitrogen and oxygen atoms in total. The summed E-state index contributed by atoms with van der Waals surface area (Å²) < 4.78 is 0. The number of ketones is 2. The van der Waals surface area contributed by atoms with E-state index in [1.165, 1.54) is 18.2 Å². The van der Waals surface area contributed by atoms with Crippen LogP contribution in [0.25, 0.3) is 0 Å². The number of carbonyl (C=O) groups is 3. The zero-order chi connectivity index (χ0) is 23.6. The smallest absolute Gasteiger partial charge is 0.336 e. The lowest BCUT2D eigenvalue weighted by molar-refractivity contribution is 0.0687. The number of benzene rings is 2. The van der Waals surface area contributed by atoms with E-state index in [2.05, 4.69) is 4.98 Å². The third-order valence-corrected chi connectivity index (χ3v) is 5.27. The molecule has 1 aromatic heterocycles. The Bertz CT molecular complexity index is 1180. The van der Waals surface area contributed by atoms with Crippen molar-refractivity contribution in [3.63, 3.8) is 0 Å². The maximum Gasteiger partial charge on any atom is 0.336 e. The van der Waals surface area contributed by atoms with Crippen LogP contribution >= 0.6 is 11.6 Å². The quantitative estimate of drug-likeness (QED) is 0.487. The molecule has 0 fully saturated rings. The van der Waals surface area contributed by atoms with E-state index in [0.717, 1.165) is 11.4 Å². The zero-order valence-corrected chi connectivity index (χ0v) is 19.0. The summed E-state index contributed by atoms with van der Waals surface area (Å²) in [6.45, 7) is 5.14. The van der Waals surface area contributed by atoms with Gasteiger partial charge in [-0.05, 0) is 48.5 Å². The van der Waals surface area contributed by atoms with Crippen LogP contribution in [-0.2, 0) is 0 Å². The fourth-order valence-corrected chi connectivity index (χ4v) is 3.27. The molecular formula is C25H23ClN2O4. The molecule has 0 aliphatic rings. The van der Waals surface area contributed by atoms with Crippen LogP contribution in [0, 0.1) is 5.41 Å². The molecule has 7 heteroatoms. The molecule has 164 valence electrons. The van der Waals surface area contributed by atoms with Crippen LogP contribution in [0.15, 0.2) is 60.8 Å². The van der Waals surface area contributed by atoms with Crippen molar-refractivity contribution >= 4 is 40.5 Å². The van der Waals surface area contributed by atoms with Crippen molar-refractivity contribution in [1.82, 2.24) is 4.98 Å². The maximum absolute atomic E-state index is 12.9. The summed E-state index contributed by atoms with van der Waals surface area (Å²) in [6.07, 6.45) is 1.57. The Balaban J connectivity index is 1.89. The summed E-state index contributed by atoms with van der Waals surface area (Å²) in [5.41, 5.74) is 1.12. The number of nitrogens with zero attached hydrogens (tertiary/aromatic N) is 2. The number of carboxylic acids is 1. The number of anilines is 2. The number of halogens is 1. The first-order valence-corrected chi connectivity index (χ1v) is 10.3. The molecule has 0 unspecified atom stereocenters. The van der Waals surface area contributed by atoms with Crippen LogP contribution in [0.4, 0.5) is 11.4 Å². The largest absolute Gasteiger partial charge is 0.478 e. The molecule has 0 saturated carbocycles. The zero-order valence-electron chi connectivity index (χ0n) is 18.2. The van der Waals surface area contributed by atoms with E-state index in [-0.39, 0.29) is 28.2 Å². The van der Waals surface area contributed by atoms with Gasteiger partial charge in [0.2, 0.25) is 5.78 Å². The van der Waals surface area contributed by atoms with Crippen molar-refractivity contribution in [2.45, 2.75) is 20.8 Å². The molecule has 0 radical (unpaired) electrons. The first-order valence-electron chi connectivity index (χ1n) is 9.91. The van der Waals surface area contributed by atoms with Crippen molar-refractivity contribution in [2.24, 2.45) is 5.41 Å². The van der Waals surface area contributed by atoms with Gasteiger partial charge in [-0.25, -0.2) is 4.79 Å². The van der Waals surface area contributed by atoms with E-state index in [4.69, 9.17) is 11.6 Å². The molecule has 0 atom stereocenters. The second kappa shape index (κ2) is 8.93. The van der Waals surface area contributed by atoms with Gasteiger partial charge >= 0.3 is 5.97 Å². The maximum atomic E-state index is 12.9. The molecule has 0 spiro atoms. The molecule has 2 aromatic carbocycles. The minimum atomic E-state index is -1.26. The Morgan fingerprint density at radius 2 is 1.53 bits per heavy atom. The van der Waals surface area contributed by atoms with E-state index in [1.54, 1.807) is 51.2 Å². The third-order valence-electron chi connectivity index (χ3n) is 5.02. The van der Waals surface area contributed by atoms with Crippen LogP contribution in [0.2, 0.25) is 5.02 Å². The lowest BCUT2D eigenvalue weighted by Gasteiger charge is -2.19. The summed E-state index contributed by atoms with van der Waals surface area (Å²) in [6, 6.07) is 14.7. The third kappa shape index (κ3) is 4.86. The van der Waals surface area contributed by atoms with Crippen molar-refractivity contribution in [3.05, 3.63) is 88.2 Å². The number of pyridine rings is 1. The summed E-state index contributed by atoms with van der Waals surface area (Å²) in [5, 5.41) is 10.2. The first-order chi connectivity index (χ1) is 15.0. The highest BCUT2D eigenvalue weighted by Crippen LogP contribution is 2.26. The van der Waals surface area contributed by atoms with E-state index in [9.17, 15) is 19.5 Å². The number of rotatable bonds is 6. The van der Waals surface area contributed by atoms with Gasteiger partial charge in [-0.15, -0.1) is 0 Å². The van der Waals surface area contributed by atoms with Crippen LogP contribution in [-0.4, -0.2) is 34.7 Å². The van der Waals surface area contributed by atoms with Gasteiger partial charge in [-0.1, -0.05) is 38.4 Å². The SMILES string of the molecule is CN(c1ccc(Cl)cc1)c1ccc(C(=O)c2ccc(C(=O)C(C)(C)C)c(C(=O)O)c2)nc1. The standard InChI is InChI=1S/C25H23ClN2O4/c1-25(2,3)23(30)19-11-5-15(13-20(19)24(31)32)22(29)21-12-10-18(14-27-21)28(4)17-8-6-16(26)7-9-17/h5-14H,1-4H3,(H,31,32). The number of carboxylic acid groups (broad SMARTS) is 1. The Kier molecular flexibility index (Phi) is 6.46. The normalized spacial score (nSPS) is 11.2. The first kappa shape index (κ1) is 23.2. The predicted molar refractivity (Wildman–Crippen MR) is 124 cm³/mol. The molecule has 0 bridgehead atoms. The molecule has 0 amide bonds. The highest BCUT2D eigenvalue weighted by Gasteiger charge is 2.28. The number of Topliss-reactive ketones (excluding diaryl/α,β-unsaturated/α-hetero) is 1. The Labute approximate surface area is 191 Å². The number of hydrogen-bond acceptors (Lipinski definition) is 5. The van der Waals surface area contributed by atoms with Crippen molar-refractivity contribution in [3.8, 4) is 0 Å². The highest BCUT2D eigenvalue weighted by atomic mass is 35.5. The van der Waals surface area contributed by atoms with E-state index in [0.29, 0.717) is 5.02 Å². The lowest BCUT2D eigenvalue weighted by Crippen LogP contribution is -2.23. The Morgan fingerprint density at radius 1 is 0.906 bits per heavy atom. The number of hydrogen-bond donors (Lipinski definition) is 1. The molecule has 0 aliphatic carbocycles. The lowest BCUT2D eigenvalue weighted by atomic mass is 9.84. The van der Waals surface area contributed by atoms with Crippen molar-refractivity contribution in [1.29, 1.82) is 0 Å².